The lowest BCUT2D eigenvalue weighted by molar-refractivity contribution is -0.132. The third-order valence-corrected chi connectivity index (χ3v) is 6.15. The van der Waals surface area contributed by atoms with E-state index in [1.807, 2.05) is 0 Å². The van der Waals surface area contributed by atoms with E-state index < -0.39 is 28.0 Å². The van der Waals surface area contributed by atoms with Crippen molar-refractivity contribution in [3.63, 3.8) is 0 Å². The number of pyridine rings is 1. The second-order valence-electron chi connectivity index (χ2n) is 6.88. The number of aromatic nitrogens is 1. The number of piperidine rings is 1. The van der Waals surface area contributed by atoms with E-state index in [2.05, 4.69) is 15.6 Å². The maximum atomic E-state index is 12.8. The number of hydrogen-bond acceptors (Lipinski definition) is 6. The van der Waals surface area contributed by atoms with Crippen LogP contribution in [0.15, 0.2) is 24.5 Å². The summed E-state index contributed by atoms with van der Waals surface area (Å²) >= 11 is 0. The van der Waals surface area contributed by atoms with Crippen LogP contribution in [0.4, 0.5) is 0 Å². The fraction of sp³-hybridized carbons (Fsp3) is 0.529. The Hall–Kier alpha value is -2.53. The van der Waals surface area contributed by atoms with E-state index >= 15 is 0 Å². The standard InChI is InChI=1S/C17H23N5O5S/c1-28(26,27)22-9-8-21(17(25)12-4-2-6-18-10-12)11-14(22)16(24)20-13-5-3-7-19-15(13)23/h2,4,6,10,13-14H,3,5,7-9,11H2,1H3,(H,19,23)(H,20,24). The van der Waals surface area contributed by atoms with Gasteiger partial charge in [-0.1, -0.05) is 0 Å². The highest BCUT2D eigenvalue weighted by Crippen LogP contribution is 2.17. The number of amides is 3. The van der Waals surface area contributed by atoms with Crippen molar-refractivity contribution < 1.29 is 22.8 Å². The molecule has 2 atom stereocenters. The van der Waals surface area contributed by atoms with E-state index in [1.165, 1.54) is 11.1 Å². The van der Waals surface area contributed by atoms with Gasteiger partial charge in [0.2, 0.25) is 21.8 Å². The van der Waals surface area contributed by atoms with Gasteiger partial charge in [0.05, 0.1) is 11.8 Å². The van der Waals surface area contributed by atoms with Crippen LogP contribution < -0.4 is 10.6 Å². The number of carbonyl (C=O) groups is 3. The first-order valence-electron chi connectivity index (χ1n) is 9.01. The molecule has 0 radical (unpaired) electrons. The monoisotopic (exact) mass is 409 g/mol. The number of sulfonamides is 1. The quantitative estimate of drug-likeness (QED) is 0.627. The molecule has 2 aliphatic rings. The molecule has 3 heterocycles. The molecule has 0 bridgehead atoms. The summed E-state index contributed by atoms with van der Waals surface area (Å²) in [6.07, 6.45) is 5.21. The van der Waals surface area contributed by atoms with Crippen LogP contribution in [0, 0.1) is 0 Å². The van der Waals surface area contributed by atoms with Crippen molar-refractivity contribution in [3.8, 4) is 0 Å². The summed E-state index contributed by atoms with van der Waals surface area (Å²) in [5.74, 6) is -1.20. The minimum Gasteiger partial charge on any atom is -0.354 e. The first kappa shape index (κ1) is 20.2. The maximum Gasteiger partial charge on any atom is 0.255 e. The smallest absolute Gasteiger partial charge is 0.255 e. The summed E-state index contributed by atoms with van der Waals surface area (Å²) in [4.78, 5) is 42.8. The van der Waals surface area contributed by atoms with E-state index in [1.54, 1.807) is 18.3 Å². The highest BCUT2D eigenvalue weighted by Gasteiger charge is 2.40. The molecule has 1 aromatic rings. The number of piperazine rings is 1. The van der Waals surface area contributed by atoms with Crippen molar-refractivity contribution in [1.29, 1.82) is 0 Å². The Labute approximate surface area is 163 Å². The lowest BCUT2D eigenvalue weighted by atomic mass is 10.1. The van der Waals surface area contributed by atoms with E-state index in [0.29, 0.717) is 18.5 Å². The second kappa shape index (κ2) is 8.23. The van der Waals surface area contributed by atoms with Crippen LogP contribution in [0.25, 0.3) is 0 Å². The number of carbonyl (C=O) groups excluding carboxylic acids is 3. The molecule has 2 fully saturated rings. The molecule has 1 aromatic heterocycles. The predicted molar refractivity (Wildman–Crippen MR) is 99.7 cm³/mol. The Bertz CT molecular complexity index is 860. The minimum absolute atomic E-state index is 0.000213. The molecule has 152 valence electrons. The van der Waals surface area contributed by atoms with Crippen molar-refractivity contribution in [2.24, 2.45) is 0 Å². The third-order valence-electron chi connectivity index (χ3n) is 4.86. The van der Waals surface area contributed by atoms with Gasteiger partial charge in [-0.2, -0.15) is 4.31 Å². The van der Waals surface area contributed by atoms with Crippen LogP contribution in [0.2, 0.25) is 0 Å². The van der Waals surface area contributed by atoms with Crippen LogP contribution in [-0.4, -0.2) is 84.8 Å². The van der Waals surface area contributed by atoms with Crippen LogP contribution in [0.5, 0.6) is 0 Å². The molecule has 3 amide bonds. The van der Waals surface area contributed by atoms with Gasteiger partial charge in [0.1, 0.15) is 12.1 Å². The summed E-state index contributed by atoms with van der Waals surface area (Å²) < 4.78 is 25.4. The summed E-state index contributed by atoms with van der Waals surface area (Å²) in [6.45, 7) is 0.618. The molecule has 11 heteroatoms. The summed E-state index contributed by atoms with van der Waals surface area (Å²) in [5, 5.41) is 5.31. The van der Waals surface area contributed by atoms with E-state index in [-0.39, 0.29) is 31.4 Å². The van der Waals surface area contributed by atoms with Crippen LogP contribution in [0.1, 0.15) is 23.2 Å². The lowest BCUT2D eigenvalue weighted by Crippen LogP contribution is -2.63. The summed E-state index contributed by atoms with van der Waals surface area (Å²) in [5.41, 5.74) is 0.362. The van der Waals surface area contributed by atoms with Crippen LogP contribution in [0.3, 0.4) is 0 Å². The highest BCUT2D eigenvalue weighted by atomic mass is 32.2. The first-order chi connectivity index (χ1) is 13.3. The Kier molecular flexibility index (Phi) is 5.94. The Morgan fingerprint density at radius 1 is 1.32 bits per heavy atom. The Balaban J connectivity index is 1.78. The van der Waals surface area contributed by atoms with Gasteiger partial charge in [-0.3, -0.25) is 19.4 Å². The topological polar surface area (TPSA) is 129 Å². The molecule has 10 nitrogen and oxygen atoms in total. The van der Waals surface area contributed by atoms with Crippen molar-refractivity contribution in [2.75, 3.05) is 32.4 Å². The zero-order chi connectivity index (χ0) is 20.3. The molecule has 2 aliphatic heterocycles. The van der Waals surface area contributed by atoms with Crippen LogP contribution in [-0.2, 0) is 19.6 Å². The van der Waals surface area contributed by atoms with Crippen LogP contribution >= 0.6 is 0 Å². The zero-order valence-corrected chi connectivity index (χ0v) is 16.3. The van der Waals surface area contributed by atoms with Crippen molar-refractivity contribution >= 4 is 27.7 Å². The van der Waals surface area contributed by atoms with Gasteiger partial charge in [0.15, 0.2) is 0 Å². The third kappa shape index (κ3) is 4.47. The van der Waals surface area contributed by atoms with E-state index in [9.17, 15) is 22.8 Å². The van der Waals surface area contributed by atoms with Gasteiger partial charge < -0.3 is 15.5 Å². The fourth-order valence-electron chi connectivity index (χ4n) is 3.41. The molecule has 3 rings (SSSR count). The average Bonchev–Trinajstić information content (AvgIpc) is 2.68. The van der Waals surface area contributed by atoms with E-state index in [0.717, 1.165) is 17.0 Å². The van der Waals surface area contributed by atoms with Gasteiger partial charge in [-0.15, -0.1) is 0 Å². The molecule has 0 aromatic carbocycles. The van der Waals surface area contributed by atoms with Crippen molar-refractivity contribution in [3.05, 3.63) is 30.1 Å². The molecule has 2 N–H and O–H groups in total. The first-order valence-corrected chi connectivity index (χ1v) is 10.9. The zero-order valence-electron chi connectivity index (χ0n) is 15.5. The number of nitrogens with zero attached hydrogens (tertiary/aromatic N) is 3. The van der Waals surface area contributed by atoms with Crippen molar-refractivity contribution in [2.45, 2.75) is 24.9 Å². The molecular formula is C17H23N5O5S. The summed E-state index contributed by atoms with van der Waals surface area (Å²) in [7, 11) is -3.67. The van der Waals surface area contributed by atoms with Gasteiger partial charge in [0.25, 0.3) is 5.91 Å². The maximum absolute atomic E-state index is 12.8. The Morgan fingerprint density at radius 3 is 2.75 bits per heavy atom. The molecule has 28 heavy (non-hydrogen) atoms. The van der Waals surface area contributed by atoms with E-state index in [4.69, 9.17) is 0 Å². The number of rotatable bonds is 4. The average molecular weight is 409 g/mol. The SMILES string of the molecule is CS(=O)(=O)N1CCN(C(=O)c2cccnc2)CC1C(=O)NC1CCCNC1=O. The minimum atomic E-state index is -3.67. The predicted octanol–water partition coefficient (Wildman–Crippen LogP) is -1.44. The normalized spacial score (nSPS) is 23.8. The van der Waals surface area contributed by atoms with Gasteiger partial charge in [-0.25, -0.2) is 8.42 Å². The number of hydrogen-bond donors (Lipinski definition) is 2. The number of nitrogens with one attached hydrogen (secondary N) is 2. The molecule has 2 unspecified atom stereocenters. The largest absolute Gasteiger partial charge is 0.354 e. The fourth-order valence-corrected chi connectivity index (χ4v) is 4.45. The van der Waals surface area contributed by atoms with Gasteiger partial charge >= 0.3 is 0 Å². The highest BCUT2D eigenvalue weighted by molar-refractivity contribution is 7.88. The lowest BCUT2D eigenvalue weighted by Gasteiger charge is -2.39. The Morgan fingerprint density at radius 2 is 2.11 bits per heavy atom. The van der Waals surface area contributed by atoms with Gasteiger partial charge in [-0.05, 0) is 25.0 Å². The summed E-state index contributed by atoms with van der Waals surface area (Å²) in [6, 6.07) is 1.44. The second-order valence-corrected chi connectivity index (χ2v) is 8.81. The molecular weight excluding hydrogens is 386 g/mol. The van der Waals surface area contributed by atoms with Gasteiger partial charge in [0, 0.05) is 38.6 Å². The molecule has 0 saturated carbocycles. The molecule has 0 spiro atoms. The van der Waals surface area contributed by atoms with Crippen molar-refractivity contribution in [1.82, 2.24) is 24.8 Å². The molecule has 0 aliphatic carbocycles. The molecule has 2 saturated heterocycles.